The highest BCUT2D eigenvalue weighted by Crippen LogP contribution is 2.29. The molecule has 3 N–H and O–H groups in total. The van der Waals surface area contributed by atoms with Gasteiger partial charge in [0.15, 0.2) is 5.69 Å². The predicted octanol–water partition coefficient (Wildman–Crippen LogP) is 2.15. The number of nitrogens with zero attached hydrogens (tertiary/aromatic N) is 1. The molecule has 1 heterocycles. The summed E-state index contributed by atoms with van der Waals surface area (Å²) < 4.78 is 36.9. The SMILES string of the molecule is CC(C)C[C@H](N)C(=O)NCc1nc(C(F)(F)F)cs1. The van der Waals surface area contributed by atoms with E-state index in [0.717, 1.165) is 16.7 Å². The molecule has 0 aromatic carbocycles. The number of aromatic nitrogens is 1. The summed E-state index contributed by atoms with van der Waals surface area (Å²) in [4.78, 5) is 15.0. The number of nitrogens with two attached hydrogens (primary N) is 1. The van der Waals surface area contributed by atoms with Crippen LogP contribution in [-0.2, 0) is 17.5 Å². The third-order valence-corrected chi connectivity index (χ3v) is 3.17. The van der Waals surface area contributed by atoms with Crippen LogP contribution in [0.5, 0.6) is 0 Å². The molecule has 19 heavy (non-hydrogen) atoms. The monoisotopic (exact) mass is 295 g/mol. The van der Waals surface area contributed by atoms with Crippen molar-refractivity contribution in [1.29, 1.82) is 0 Å². The van der Waals surface area contributed by atoms with Gasteiger partial charge in [-0.3, -0.25) is 4.79 Å². The second kappa shape index (κ2) is 6.33. The van der Waals surface area contributed by atoms with Crippen LogP contribution >= 0.6 is 11.3 Å². The van der Waals surface area contributed by atoms with Crippen LogP contribution in [0.15, 0.2) is 5.38 Å². The average Bonchev–Trinajstić information content (AvgIpc) is 2.72. The highest BCUT2D eigenvalue weighted by molar-refractivity contribution is 7.09. The van der Waals surface area contributed by atoms with Crippen molar-refractivity contribution in [2.75, 3.05) is 0 Å². The van der Waals surface area contributed by atoms with Gasteiger partial charge in [0.1, 0.15) is 5.01 Å². The summed E-state index contributed by atoms with van der Waals surface area (Å²) in [6, 6.07) is -0.651. The Hall–Kier alpha value is -1.15. The Balaban J connectivity index is 2.49. The fourth-order valence-electron chi connectivity index (χ4n) is 1.43. The summed E-state index contributed by atoms with van der Waals surface area (Å²) in [5.41, 5.74) is 4.71. The normalized spacial score (nSPS) is 13.6. The van der Waals surface area contributed by atoms with Crippen LogP contribution in [0.4, 0.5) is 13.2 Å². The largest absolute Gasteiger partial charge is 0.434 e. The third kappa shape index (κ3) is 5.15. The van der Waals surface area contributed by atoms with Crippen LogP contribution in [0.3, 0.4) is 0 Å². The number of amides is 1. The van der Waals surface area contributed by atoms with E-state index in [1.165, 1.54) is 0 Å². The van der Waals surface area contributed by atoms with Gasteiger partial charge in [-0.05, 0) is 12.3 Å². The summed E-state index contributed by atoms with van der Waals surface area (Å²) >= 11 is 0.857. The van der Waals surface area contributed by atoms with Crippen LogP contribution in [0.2, 0.25) is 0 Å². The van der Waals surface area contributed by atoms with Gasteiger partial charge in [0, 0.05) is 5.38 Å². The number of halogens is 3. The summed E-state index contributed by atoms with van der Waals surface area (Å²) in [7, 11) is 0. The minimum absolute atomic E-state index is 0.0363. The lowest BCUT2D eigenvalue weighted by Crippen LogP contribution is -2.41. The molecule has 0 saturated heterocycles. The van der Waals surface area contributed by atoms with E-state index in [9.17, 15) is 18.0 Å². The Kier molecular flexibility index (Phi) is 5.30. The highest BCUT2D eigenvalue weighted by Gasteiger charge is 2.33. The molecule has 0 aliphatic carbocycles. The first-order chi connectivity index (χ1) is 8.70. The number of nitrogens with one attached hydrogen (secondary N) is 1. The van der Waals surface area contributed by atoms with Crippen molar-refractivity contribution in [1.82, 2.24) is 10.3 Å². The molecular weight excluding hydrogens is 279 g/mol. The number of thiazole rings is 1. The topological polar surface area (TPSA) is 68.0 Å². The molecule has 1 aromatic heterocycles. The maximum absolute atomic E-state index is 12.3. The first-order valence-corrected chi connectivity index (χ1v) is 6.63. The van der Waals surface area contributed by atoms with E-state index in [-0.39, 0.29) is 23.4 Å². The molecule has 1 atom stereocenters. The Bertz CT molecular complexity index is 431. The van der Waals surface area contributed by atoms with E-state index in [4.69, 9.17) is 5.73 Å². The van der Waals surface area contributed by atoms with Gasteiger partial charge in [-0.2, -0.15) is 13.2 Å². The fourth-order valence-corrected chi connectivity index (χ4v) is 2.17. The number of hydrogen-bond acceptors (Lipinski definition) is 4. The van der Waals surface area contributed by atoms with Crippen molar-refractivity contribution in [2.45, 2.75) is 39.0 Å². The Labute approximate surface area is 113 Å². The molecular formula is C11H16F3N3OS. The van der Waals surface area contributed by atoms with Crippen molar-refractivity contribution in [3.8, 4) is 0 Å². The molecule has 108 valence electrons. The summed E-state index contributed by atoms with van der Waals surface area (Å²) in [5, 5.41) is 3.62. The molecule has 0 fully saturated rings. The van der Waals surface area contributed by atoms with Crippen molar-refractivity contribution in [2.24, 2.45) is 11.7 Å². The van der Waals surface area contributed by atoms with Crippen LogP contribution in [0, 0.1) is 5.92 Å². The fraction of sp³-hybridized carbons (Fsp3) is 0.636. The Morgan fingerprint density at radius 1 is 1.53 bits per heavy atom. The standard InChI is InChI=1S/C11H16F3N3OS/c1-6(2)3-7(15)10(18)16-4-9-17-8(5-19-9)11(12,13)14/h5-7H,3-4,15H2,1-2H3,(H,16,18)/t7-/m0/s1. The van der Waals surface area contributed by atoms with Crippen LogP contribution < -0.4 is 11.1 Å². The molecule has 1 rings (SSSR count). The average molecular weight is 295 g/mol. The second-order valence-electron chi connectivity index (χ2n) is 4.58. The van der Waals surface area contributed by atoms with E-state index >= 15 is 0 Å². The van der Waals surface area contributed by atoms with Gasteiger partial charge in [-0.25, -0.2) is 4.98 Å². The van der Waals surface area contributed by atoms with Crippen LogP contribution in [0.1, 0.15) is 31.0 Å². The lowest BCUT2D eigenvalue weighted by molar-refractivity contribution is -0.140. The number of carbonyl (C=O) groups excluding carboxylic acids is 1. The first kappa shape index (κ1) is 15.9. The van der Waals surface area contributed by atoms with E-state index in [1.807, 2.05) is 13.8 Å². The maximum Gasteiger partial charge on any atom is 0.434 e. The molecule has 0 aliphatic rings. The number of rotatable bonds is 5. The molecule has 0 aliphatic heterocycles. The minimum atomic E-state index is -4.45. The van der Waals surface area contributed by atoms with Crippen LogP contribution in [0.25, 0.3) is 0 Å². The second-order valence-corrected chi connectivity index (χ2v) is 5.52. The molecule has 0 spiro atoms. The van der Waals surface area contributed by atoms with Crippen molar-refractivity contribution < 1.29 is 18.0 Å². The van der Waals surface area contributed by atoms with Crippen molar-refractivity contribution in [3.63, 3.8) is 0 Å². The number of hydrogen-bond donors (Lipinski definition) is 2. The van der Waals surface area contributed by atoms with E-state index < -0.39 is 17.9 Å². The zero-order chi connectivity index (χ0) is 14.6. The molecule has 0 saturated carbocycles. The van der Waals surface area contributed by atoms with Gasteiger partial charge in [-0.1, -0.05) is 13.8 Å². The smallest absolute Gasteiger partial charge is 0.348 e. The van der Waals surface area contributed by atoms with E-state index in [1.54, 1.807) is 0 Å². The highest BCUT2D eigenvalue weighted by atomic mass is 32.1. The third-order valence-electron chi connectivity index (χ3n) is 2.32. The number of carbonyl (C=O) groups is 1. The zero-order valence-electron chi connectivity index (χ0n) is 10.6. The van der Waals surface area contributed by atoms with E-state index in [0.29, 0.717) is 6.42 Å². The summed E-state index contributed by atoms with van der Waals surface area (Å²) in [6.07, 6.45) is -3.93. The van der Waals surface area contributed by atoms with Gasteiger partial charge in [0.05, 0.1) is 12.6 Å². The minimum Gasteiger partial charge on any atom is -0.348 e. The summed E-state index contributed by atoms with van der Waals surface area (Å²) in [6.45, 7) is 3.83. The van der Waals surface area contributed by atoms with Gasteiger partial charge in [0.25, 0.3) is 0 Å². The molecule has 4 nitrogen and oxygen atoms in total. The quantitative estimate of drug-likeness (QED) is 0.874. The predicted molar refractivity (Wildman–Crippen MR) is 66.4 cm³/mol. The van der Waals surface area contributed by atoms with Gasteiger partial charge >= 0.3 is 6.18 Å². The molecule has 1 amide bonds. The molecule has 0 radical (unpaired) electrons. The lowest BCUT2D eigenvalue weighted by atomic mass is 10.0. The van der Waals surface area contributed by atoms with Gasteiger partial charge in [-0.15, -0.1) is 11.3 Å². The Morgan fingerprint density at radius 3 is 2.63 bits per heavy atom. The molecule has 0 bridgehead atoms. The van der Waals surface area contributed by atoms with E-state index in [2.05, 4.69) is 10.3 Å². The van der Waals surface area contributed by atoms with Crippen molar-refractivity contribution >= 4 is 17.2 Å². The maximum atomic E-state index is 12.3. The number of alkyl halides is 3. The van der Waals surface area contributed by atoms with Gasteiger partial charge in [0.2, 0.25) is 5.91 Å². The molecule has 0 unspecified atom stereocenters. The lowest BCUT2D eigenvalue weighted by Gasteiger charge is -2.13. The van der Waals surface area contributed by atoms with Crippen LogP contribution in [-0.4, -0.2) is 16.9 Å². The summed E-state index contributed by atoms with van der Waals surface area (Å²) in [5.74, 6) is -0.102. The van der Waals surface area contributed by atoms with Crippen molar-refractivity contribution in [3.05, 3.63) is 16.1 Å². The van der Waals surface area contributed by atoms with Gasteiger partial charge < -0.3 is 11.1 Å². The molecule has 1 aromatic rings. The Morgan fingerprint density at radius 2 is 2.16 bits per heavy atom. The molecule has 8 heteroatoms. The first-order valence-electron chi connectivity index (χ1n) is 5.75. The zero-order valence-corrected chi connectivity index (χ0v) is 11.4.